The van der Waals surface area contributed by atoms with Crippen LogP contribution in [0.1, 0.15) is 39.3 Å². The fourth-order valence-corrected chi connectivity index (χ4v) is 5.38. The van der Waals surface area contributed by atoms with Gasteiger partial charge in [0.1, 0.15) is 0 Å². The van der Waals surface area contributed by atoms with Crippen LogP contribution in [0.3, 0.4) is 0 Å². The summed E-state index contributed by atoms with van der Waals surface area (Å²) in [6.07, 6.45) is -0.623. The van der Waals surface area contributed by atoms with Crippen molar-refractivity contribution in [2.24, 2.45) is 11.8 Å². The number of hydrogen-bond donors (Lipinski definition) is 3. The van der Waals surface area contributed by atoms with Crippen LogP contribution < -0.4 is 14.2 Å². The average Bonchev–Trinajstić information content (AvgIpc) is 3.53. The third kappa shape index (κ3) is 4.59. The van der Waals surface area contributed by atoms with Crippen molar-refractivity contribution in [3.05, 3.63) is 70.8 Å². The first kappa shape index (κ1) is 25.7. The van der Waals surface area contributed by atoms with Gasteiger partial charge < -0.3 is 39.0 Å². The van der Waals surface area contributed by atoms with Gasteiger partial charge in [0.2, 0.25) is 0 Å². The number of carbonyl (C=O) groups excluding carboxylic acids is 1. The maximum Gasteiger partial charge on any atom is 0.167 e. The van der Waals surface area contributed by atoms with Crippen LogP contribution in [-0.4, -0.2) is 55.6 Å². The molecule has 0 aromatic heterocycles. The van der Waals surface area contributed by atoms with E-state index < -0.39 is 0 Å². The second kappa shape index (κ2) is 10.4. The Bertz CT molecular complexity index is 1350. The third-order valence-electron chi connectivity index (χ3n) is 7.37. The standard InChI is InChI=1S/C29H30O9/c1-34-24-10-15(4-6-21(24)30)23(32)9-17-8-18(12-26(36-3)27(17)33)29-20-14-37-28(19(20)13-38-29)16-5-7-22(31)25(11-16)35-2/h4-8,10-12,19-20,28-31,33H,9,13-14H2,1-3H3/t19-,20-,28+,29+/m0/s1. The Morgan fingerprint density at radius 3 is 1.95 bits per heavy atom. The number of ketones is 1. The number of aromatic hydroxyl groups is 3. The van der Waals surface area contributed by atoms with Crippen molar-refractivity contribution >= 4 is 5.78 Å². The van der Waals surface area contributed by atoms with Crippen LogP contribution in [0.4, 0.5) is 0 Å². The van der Waals surface area contributed by atoms with Gasteiger partial charge in [0.25, 0.3) is 0 Å². The normalized spacial score (nSPS) is 22.2. The highest BCUT2D eigenvalue weighted by Gasteiger charge is 2.48. The molecule has 2 fully saturated rings. The molecule has 0 spiro atoms. The molecule has 2 aliphatic rings. The molecule has 3 aromatic rings. The smallest absolute Gasteiger partial charge is 0.167 e. The number of Topliss-reactive ketones (excluding diaryl/α,β-unsaturated/α-hetero) is 1. The summed E-state index contributed by atoms with van der Waals surface area (Å²) in [7, 11) is 4.37. The quantitative estimate of drug-likeness (QED) is 0.371. The summed E-state index contributed by atoms with van der Waals surface area (Å²) in [5, 5.41) is 30.6. The molecule has 38 heavy (non-hydrogen) atoms. The molecule has 2 saturated heterocycles. The van der Waals surface area contributed by atoms with Crippen molar-refractivity contribution in [2.45, 2.75) is 18.6 Å². The predicted molar refractivity (Wildman–Crippen MR) is 136 cm³/mol. The Balaban J connectivity index is 1.40. The SMILES string of the molecule is COc1cc(C(=O)Cc2cc([C@H]3OC[C@H]4[C@@H]3CO[C@@H]4c3ccc(O)c(OC)c3)cc(OC)c2O)ccc1O. The van der Waals surface area contributed by atoms with Gasteiger partial charge in [-0.05, 0) is 53.6 Å². The molecule has 4 atom stereocenters. The summed E-state index contributed by atoms with van der Waals surface area (Å²) >= 11 is 0. The zero-order valence-corrected chi connectivity index (χ0v) is 21.3. The van der Waals surface area contributed by atoms with Crippen LogP contribution in [-0.2, 0) is 15.9 Å². The molecule has 3 N–H and O–H groups in total. The molecule has 0 aliphatic carbocycles. The molecule has 2 heterocycles. The number of fused-ring (bicyclic) bond motifs is 1. The minimum Gasteiger partial charge on any atom is -0.504 e. The molecule has 9 heteroatoms. The van der Waals surface area contributed by atoms with Gasteiger partial charge in [-0.25, -0.2) is 0 Å². The van der Waals surface area contributed by atoms with Crippen molar-refractivity contribution in [3.63, 3.8) is 0 Å². The molecule has 0 amide bonds. The Hall–Kier alpha value is -3.95. The van der Waals surface area contributed by atoms with Crippen LogP contribution in [0.2, 0.25) is 0 Å². The van der Waals surface area contributed by atoms with Gasteiger partial charge in [-0.2, -0.15) is 0 Å². The van der Waals surface area contributed by atoms with Crippen LogP contribution in [0.15, 0.2) is 48.5 Å². The van der Waals surface area contributed by atoms with E-state index in [1.165, 1.54) is 39.5 Å². The lowest BCUT2D eigenvalue weighted by Crippen LogP contribution is -2.15. The molecule has 0 radical (unpaired) electrons. The van der Waals surface area contributed by atoms with Crippen molar-refractivity contribution in [3.8, 4) is 34.5 Å². The van der Waals surface area contributed by atoms with Crippen molar-refractivity contribution < 1.29 is 43.8 Å². The maximum atomic E-state index is 13.1. The van der Waals surface area contributed by atoms with Gasteiger partial charge >= 0.3 is 0 Å². The van der Waals surface area contributed by atoms with Gasteiger partial charge in [0.15, 0.2) is 40.3 Å². The van der Waals surface area contributed by atoms with E-state index in [9.17, 15) is 20.1 Å². The van der Waals surface area contributed by atoms with Crippen molar-refractivity contribution in [2.75, 3.05) is 34.5 Å². The van der Waals surface area contributed by atoms with Crippen LogP contribution >= 0.6 is 0 Å². The highest BCUT2D eigenvalue weighted by atomic mass is 16.5. The van der Waals surface area contributed by atoms with Gasteiger partial charge in [-0.3, -0.25) is 4.79 Å². The molecule has 5 rings (SSSR count). The Kier molecular flexibility index (Phi) is 7.05. The second-order valence-corrected chi connectivity index (χ2v) is 9.48. The highest BCUT2D eigenvalue weighted by molar-refractivity contribution is 5.98. The lowest BCUT2D eigenvalue weighted by atomic mass is 9.84. The molecular weight excluding hydrogens is 492 g/mol. The lowest BCUT2D eigenvalue weighted by Gasteiger charge is -2.19. The number of methoxy groups -OCH3 is 3. The number of phenols is 3. The number of rotatable bonds is 8. The largest absolute Gasteiger partial charge is 0.504 e. The topological polar surface area (TPSA) is 124 Å². The minimum atomic E-state index is -0.318. The molecule has 3 aromatic carbocycles. The van der Waals surface area contributed by atoms with E-state index in [-0.39, 0.29) is 65.0 Å². The summed E-state index contributed by atoms with van der Waals surface area (Å²) < 4.78 is 28.2. The van der Waals surface area contributed by atoms with Crippen LogP contribution in [0.25, 0.3) is 0 Å². The van der Waals surface area contributed by atoms with Crippen LogP contribution in [0, 0.1) is 11.8 Å². The van der Waals surface area contributed by atoms with E-state index in [4.69, 9.17) is 23.7 Å². The van der Waals surface area contributed by atoms with E-state index in [0.717, 1.165) is 11.1 Å². The first-order valence-electron chi connectivity index (χ1n) is 12.2. The Morgan fingerprint density at radius 1 is 0.763 bits per heavy atom. The van der Waals surface area contributed by atoms with Gasteiger partial charge in [-0.15, -0.1) is 0 Å². The first-order chi connectivity index (χ1) is 18.3. The molecule has 9 nitrogen and oxygen atoms in total. The molecule has 0 unspecified atom stereocenters. The Morgan fingerprint density at radius 2 is 1.32 bits per heavy atom. The van der Waals surface area contributed by atoms with Crippen molar-refractivity contribution in [1.82, 2.24) is 0 Å². The van der Waals surface area contributed by atoms with E-state index in [1.807, 2.05) is 6.07 Å². The lowest BCUT2D eigenvalue weighted by molar-refractivity contribution is 0.0191. The molecule has 0 bridgehead atoms. The summed E-state index contributed by atoms with van der Waals surface area (Å²) in [6.45, 7) is 0.932. The number of hydrogen-bond acceptors (Lipinski definition) is 9. The fraction of sp³-hybridized carbons (Fsp3) is 0.345. The van der Waals surface area contributed by atoms with Crippen molar-refractivity contribution in [1.29, 1.82) is 0 Å². The Labute approximate surface area is 220 Å². The second-order valence-electron chi connectivity index (χ2n) is 9.48. The molecule has 2 aliphatic heterocycles. The number of phenolic OH excluding ortho intramolecular Hbond substituents is 3. The number of carbonyl (C=O) groups is 1. The summed E-state index contributed by atoms with van der Waals surface area (Å²) in [4.78, 5) is 13.1. The van der Waals surface area contributed by atoms with E-state index >= 15 is 0 Å². The predicted octanol–water partition coefficient (Wildman–Crippen LogP) is 4.33. The summed E-state index contributed by atoms with van der Waals surface area (Å²) in [5.41, 5.74) is 2.43. The van der Waals surface area contributed by atoms with E-state index in [2.05, 4.69) is 0 Å². The number of ether oxygens (including phenoxy) is 5. The van der Waals surface area contributed by atoms with E-state index in [1.54, 1.807) is 24.3 Å². The fourth-order valence-electron chi connectivity index (χ4n) is 5.38. The average molecular weight is 523 g/mol. The van der Waals surface area contributed by atoms with Gasteiger partial charge in [0, 0.05) is 29.4 Å². The summed E-state index contributed by atoms with van der Waals surface area (Å²) in [5.74, 6) is 0.575. The van der Waals surface area contributed by atoms with Crippen LogP contribution in [0.5, 0.6) is 34.5 Å². The molecule has 200 valence electrons. The van der Waals surface area contributed by atoms with Gasteiger partial charge in [-0.1, -0.05) is 6.07 Å². The minimum absolute atomic E-state index is 0.0407. The highest BCUT2D eigenvalue weighted by Crippen LogP contribution is 2.52. The number of benzene rings is 3. The molecule has 0 saturated carbocycles. The zero-order chi connectivity index (χ0) is 27.0. The molecular formula is C29H30O9. The zero-order valence-electron chi connectivity index (χ0n) is 21.3. The monoisotopic (exact) mass is 522 g/mol. The van der Waals surface area contributed by atoms with E-state index in [0.29, 0.717) is 30.1 Å². The van der Waals surface area contributed by atoms with Gasteiger partial charge in [0.05, 0.1) is 46.8 Å². The maximum absolute atomic E-state index is 13.1. The summed E-state index contributed by atoms with van der Waals surface area (Å²) in [6, 6.07) is 13.1. The first-order valence-corrected chi connectivity index (χ1v) is 12.2. The third-order valence-corrected chi connectivity index (χ3v) is 7.37.